The second-order valence-corrected chi connectivity index (χ2v) is 11.2. The largest absolute Gasteiger partial charge is 0.462 e. The molecule has 0 spiro atoms. The molecule has 0 bridgehead atoms. The van der Waals surface area contributed by atoms with Crippen LogP contribution in [-0.2, 0) is 29.0 Å². The number of nitrogens with one attached hydrogen (secondary N) is 1. The van der Waals surface area contributed by atoms with Gasteiger partial charge in [0.05, 0.1) is 31.0 Å². The molecule has 0 aliphatic carbocycles. The van der Waals surface area contributed by atoms with Crippen molar-refractivity contribution in [1.82, 2.24) is 19.7 Å². The topological polar surface area (TPSA) is 89.3 Å². The highest BCUT2D eigenvalue weighted by molar-refractivity contribution is 7.99. The molecule has 3 heterocycles. The number of rotatable bonds is 11. The minimum Gasteiger partial charge on any atom is -0.462 e. The highest BCUT2D eigenvalue weighted by Crippen LogP contribution is 2.34. The molecule has 1 saturated heterocycles. The van der Waals surface area contributed by atoms with Gasteiger partial charge in [0.2, 0.25) is 5.91 Å². The summed E-state index contributed by atoms with van der Waals surface area (Å²) in [5.74, 6) is 0.500. The van der Waals surface area contributed by atoms with Crippen LogP contribution in [0.2, 0.25) is 0 Å². The number of carbonyl (C=O) groups excluding carboxylic acids is 2. The highest BCUT2D eigenvalue weighted by Gasteiger charge is 2.24. The van der Waals surface area contributed by atoms with Gasteiger partial charge in [-0.1, -0.05) is 55.4 Å². The second kappa shape index (κ2) is 13.2. The van der Waals surface area contributed by atoms with Crippen molar-refractivity contribution in [3.8, 4) is 0 Å². The maximum atomic E-state index is 13.0. The standard InChI is InChI=1S/C27H35N5O3S2/c1-4-21-19(3)37-25(24(21)26(34)35-5-2)28-23(33)18-36-27-30-29-22(17-31-14-10-7-11-15-31)32(27)16-20-12-8-6-9-13-20/h6,8-9,12-13H,4-5,7,10-11,14-18H2,1-3H3,(H,28,33). The first-order chi connectivity index (χ1) is 18.0. The molecule has 0 atom stereocenters. The SMILES string of the molecule is CCOC(=O)c1c(NC(=O)CSc2nnc(CN3CCCCC3)n2Cc2ccccc2)sc(C)c1CC. The molecule has 4 rings (SSSR count). The van der Waals surface area contributed by atoms with E-state index < -0.39 is 5.97 Å². The van der Waals surface area contributed by atoms with Gasteiger partial charge in [0.1, 0.15) is 10.8 Å². The highest BCUT2D eigenvalue weighted by atomic mass is 32.2. The lowest BCUT2D eigenvalue weighted by atomic mass is 10.1. The van der Waals surface area contributed by atoms with Crippen molar-refractivity contribution in [1.29, 1.82) is 0 Å². The number of ether oxygens (including phenoxy) is 1. The van der Waals surface area contributed by atoms with E-state index in [1.807, 2.05) is 32.0 Å². The molecular weight excluding hydrogens is 506 g/mol. The number of thioether (sulfide) groups is 1. The average Bonchev–Trinajstić information content (AvgIpc) is 3.43. The Morgan fingerprint density at radius 2 is 1.84 bits per heavy atom. The summed E-state index contributed by atoms with van der Waals surface area (Å²) in [6.45, 7) is 9.59. The molecule has 1 N–H and O–H groups in total. The Bertz CT molecular complexity index is 1200. The molecule has 2 aromatic heterocycles. The van der Waals surface area contributed by atoms with Gasteiger partial charge in [-0.3, -0.25) is 9.69 Å². The lowest BCUT2D eigenvalue weighted by Crippen LogP contribution is -2.30. The molecule has 3 aromatic rings. The molecule has 10 heteroatoms. The summed E-state index contributed by atoms with van der Waals surface area (Å²) in [7, 11) is 0. The van der Waals surface area contributed by atoms with Crippen LogP contribution in [0.5, 0.6) is 0 Å². The summed E-state index contributed by atoms with van der Waals surface area (Å²) in [6, 6.07) is 10.2. The minimum absolute atomic E-state index is 0.164. The van der Waals surface area contributed by atoms with Crippen molar-refractivity contribution < 1.29 is 14.3 Å². The van der Waals surface area contributed by atoms with Crippen LogP contribution in [0.25, 0.3) is 0 Å². The Kier molecular flexibility index (Phi) is 9.76. The molecular formula is C27H35N5O3S2. The quantitative estimate of drug-likeness (QED) is 0.265. The van der Waals surface area contributed by atoms with Gasteiger partial charge in [0.25, 0.3) is 0 Å². The Labute approximate surface area is 226 Å². The van der Waals surface area contributed by atoms with Gasteiger partial charge in [-0.2, -0.15) is 0 Å². The van der Waals surface area contributed by atoms with E-state index in [-0.39, 0.29) is 18.3 Å². The zero-order valence-electron chi connectivity index (χ0n) is 21.8. The number of aromatic nitrogens is 3. The third-order valence-electron chi connectivity index (χ3n) is 6.42. The summed E-state index contributed by atoms with van der Waals surface area (Å²) >= 11 is 2.78. The number of esters is 1. The number of anilines is 1. The van der Waals surface area contributed by atoms with Gasteiger partial charge >= 0.3 is 5.97 Å². The molecule has 1 fully saturated rings. The molecule has 198 valence electrons. The van der Waals surface area contributed by atoms with E-state index in [2.05, 4.69) is 37.1 Å². The molecule has 1 amide bonds. The van der Waals surface area contributed by atoms with Crippen molar-refractivity contribution in [2.24, 2.45) is 0 Å². The number of hydrogen-bond acceptors (Lipinski definition) is 8. The van der Waals surface area contributed by atoms with Crippen LogP contribution in [0.4, 0.5) is 5.00 Å². The number of hydrogen-bond donors (Lipinski definition) is 1. The maximum absolute atomic E-state index is 13.0. The molecule has 8 nitrogen and oxygen atoms in total. The fourth-order valence-electron chi connectivity index (χ4n) is 4.59. The van der Waals surface area contributed by atoms with E-state index >= 15 is 0 Å². The summed E-state index contributed by atoms with van der Waals surface area (Å²) in [5.41, 5.74) is 2.56. The normalized spacial score (nSPS) is 14.0. The smallest absolute Gasteiger partial charge is 0.341 e. The van der Waals surface area contributed by atoms with E-state index in [4.69, 9.17) is 4.74 Å². The predicted octanol–water partition coefficient (Wildman–Crippen LogP) is 5.15. The van der Waals surface area contributed by atoms with E-state index in [0.717, 1.165) is 41.5 Å². The van der Waals surface area contributed by atoms with Crippen molar-refractivity contribution >= 4 is 40.0 Å². The van der Waals surface area contributed by atoms with Crippen molar-refractivity contribution in [2.75, 3.05) is 30.8 Å². The molecule has 0 unspecified atom stereocenters. The number of benzene rings is 1. The molecule has 1 aliphatic heterocycles. The first-order valence-corrected chi connectivity index (χ1v) is 14.7. The van der Waals surface area contributed by atoms with Crippen molar-refractivity contribution in [3.05, 3.63) is 57.7 Å². The monoisotopic (exact) mass is 541 g/mol. The van der Waals surface area contributed by atoms with Crippen LogP contribution in [-0.4, -0.2) is 57.0 Å². The Balaban J connectivity index is 1.48. The lowest BCUT2D eigenvalue weighted by molar-refractivity contribution is -0.113. The van der Waals surface area contributed by atoms with Crippen LogP contribution < -0.4 is 5.32 Å². The summed E-state index contributed by atoms with van der Waals surface area (Å²) in [4.78, 5) is 29.0. The van der Waals surface area contributed by atoms with Gasteiger partial charge in [-0.05, 0) is 57.3 Å². The van der Waals surface area contributed by atoms with E-state index in [9.17, 15) is 9.59 Å². The van der Waals surface area contributed by atoms with E-state index in [1.165, 1.54) is 42.4 Å². The molecule has 37 heavy (non-hydrogen) atoms. The number of aryl methyl sites for hydroxylation is 1. The number of carbonyl (C=O) groups is 2. The maximum Gasteiger partial charge on any atom is 0.341 e. The molecule has 1 aromatic carbocycles. The van der Waals surface area contributed by atoms with E-state index in [1.54, 1.807) is 6.92 Å². The van der Waals surface area contributed by atoms with E-state index in [0.29, 0.717) is 28.7 Å². The van der Waals surface area contributed by atoms with Crippen LogP contribution >= 0.6 is 23.1 Å². The van der Waals surface area contributed by atoms with Gasteiger partial charge in [-0.25, -0.2) is 4.79 Å². The third kappa shape index (κ3) is 7.00. The zero-order valence-corrected chi connectivity index (χ0v) is 23.4. The first-order valence-electron chi connectivity index (χ1n) is 12.9. The average molecular weight is 542 g/mol. The second-order valence-electron chi connectivity index (χ2n) is 9.06. The van der Waals surface area contributed by atoms with Gasteiger partial charge in [0.15, 0.2) is 5.16 Å². The number of likely N-dealkylation sites (tertiary alicyclic amines) is 1. The summed E-state index contributed by atoms with van der Waals surface area (Å²) < 4.78 is 7.38. The first kappa shape index (κ1) is 27.3. The Morgan fingerprint density at radius 1 is 1.08 bits per heavy atom. The Morgan fingerprint density at radius 3 is 2.54 bits per heavy atom. The fraction of sp³-hybridized carbons (Fsp3) is 0.481. The van der Waals surface area contributed by atoms with Gasteiger partial charge in [-0.15, -0.1) is 21.5 Å². The molecule has 0 saturated carbocycles. The van der Waals surface area contributed by atoms with Gasteiger partial charge < -0.3 is 14.6 Å². The zero-order chi connectivity index (χ0) is 26.2. The Hall–Kier alpha value is -2.69. The van der Waals surface area contributed by atoms with Crippen LogP contribution in [0, 0.1) is 6.92 Å². The minimum atomic E-state index is -0.392. The number of piperidine rings is 1. The number of nitrogens with zero attached hydrogens (tertiary/aromatic N) is 4. The predicted molar refractivity (Wildman–Crippen MR) is 148 cm³/mol. The fourth-order valence-corrected chi connectivity index (χ4v) is 6.50. The molecule has 0 radical (unpaired) electrons. The number of thiophene rings is 1. The van der Waals surface area contributed by atoms with Gasteiger partial charge in [0, 0.05) is 4.88 Å². The summed E-state index contributed by atoms with van der Waals surface area (Å²) in [6.07, 6.45) is 4.41. The van der Waals surface area contributed by atoms with Crippen molar-refractivity contribution in [3.63, 3.8) is 0 Å². The van der Waals surface area contributed by atoms with Crippen molar-refractivity contribution in [2.45, 2.75) is 64.7 Å². The van der Waals surface area contributed by atoms with Crippen LogP contribution in [0.1, 0.15) is 65.3 Å². The van der Waals surface area contributed by atoms with Crippen LogP contribution in [0.15, 0.2) is 35.5 Å². The molecule has 1 aliphatic rings. The number of amides is 1. The summed E-state index contributed by atoms with van der Waals surface area (Å²) in [5, 5.41) is 13.2. The van der Waals surface area contributed by atoms with Crippen LogP contribution in [0.3, 0.4) is 0 Å². The third-order valence-corrected chi connectivity index (χ3v) is 8.45. The lowest BCUT2D eigenvalue weighted by Gasteiger charge is -2.26.